The summed E-state index contributed by atoms with van der Waals surface area (Å²) >= 11 is 0. The van der Waals surface area contributed by atoms with Crippen molar-refractivity contribution >= 4 is 10.2 Å². The predicted octanol–water partition coefficient (Wildman–Crippen LogP) is 3.27. The summed E-state index contributed by atoms with van der Waals surface area (Å²) in [4.78, 5) is 0. The minimum Gasteiger partial charge on any atom is -0.429 e. The smallest absolute Gasteiger partial charge is 0.429 e. The van der Waals surface area contributed by atoms with Gasteiger partial charge in [0.05, 0.1) is 0 Å². The van der Waals surface area contributed by atoms with Crippen molar-refractivity contribution in [3.8, 4) is 5.75 Å². The molecule has 2 aromatic rings. The molecule has 0 aliphatic rings. The molecule has 0 heterocycles. The van der Waals surface area contributed by atoms with Gasteiger partial charge in [-0.3, -0.25) is 0 Å². The van der Waals surface area contributed by atoms with Crippen LogP contribution in [0.15, 0.2) is 36.4 Å². The lowest BCUT2D eigenvalue weighted by Gasteiger charge is -2.20. The zero-order valence-electron chi connectivity index (χ0n) is 11.6. The number of hydrogen-bond acceptors (Lipinski definition) is 1. The zero-order valence-corrected chi connectivity index (χ0v) is 13.6. The van der Waals surface area contributed by atoms with E-state index in [-0.39, 0.29) is 5.75 Å². The van der Waals surface area contributed by atoms with Gasteiger partial charge < -0.3 is 4.74 Å². The van der Waals surface area contributed by atoms with Gasteiger partial charge in [0, 0.05) is 10.2 Å². The summed E-state index contributed by atoms with van der Waals surface area (Å²) in [5.74, 6) is -2.74. The van der Waals surface area contributed by atoms with Gasteiger partial charge >= 0.3 is 6.11 Å². The van der Waals surface area contributed by atoms with Crippen molar-refractivity contribution in [3.63, 3.8) is 0 Å². The monoisotopic (exact) mass is 314 g/mol. The fourth-order valence-electron chi connectivity index (χ4n) is 1.91. The highest BCUT2D eigenvalue weighted by Gasteiger charge is 2.41. The van der Waals surface area contributed by atoms with E-state index in [1.54, 1.807) is 19.1 Å². The summed E-state index contributed by atoms with van der Waals surface area (Å²) in [5.41, 5.74) is -0.131. The van der Waals surface area contributed by atoms with Crippen molar-refractivity contribution in [2.24, 2.45) is 0 Å². The van der Waals surface area contributed by atoms with Gasteiger partial charge in [-0.15, -0.1) is 0 Å². The number of hydrogen-bond donors (Lipinski definition) is 0. The Morgan fingerprint density at radius 3 is 2.05 bits per heavy atom. The molecule has 112 valence electrons. The third-order valence-electron chi connectivity index (χ3n) is 3.07. The zero-order chi connectivity index (χ0) is 15.6. The second-order valence-electron chi connectivity index (χ2n) is 4.72. The summed E-state index contributed by atoms with van der Waals surface area (Å²) in [6, 6.07) is 8.14. The van der Waals surface area contributed by atoms with E-state index in [2.05, 4.69) is 4.74 Å². The van der Waals surface area contributed by atoms with Crippen molar-refractivity contribution < 1.29 is 22.3 Å². The maximum Gasteiger partial charge on any atom is 0.432 e. The average molecular weight is 314 g/mol. The van der Waals surface area contributed by atoms with Crippen LogP contribution in [0.3, 0.4) is 0 Å². The van der Waals surface area contributed by atoms with Crippen LogP contribution in [0, 0.1) is 18.6 Å². The van der Waals surface area contributed by atoms with Gasteiger partial charge in [-0.2, -0.15) is 8.78 Å². The van der Waals surface area contributed by atoms with E-state index in [9.17, 15) is 17.6 Å². The second kappa shape index (κ2) is 5.89. The Labute approximate surface area is 123 Å². The second-order valence-corrected chi connectivity index (χ2v) is 5.43. The number of alkyl halides is 2. The SMILES string of the molecule is Cc1ccc(OC(F)(F)c2c(F)cc(C[SiH3])cc2F)cc1. The third-order valence-corrected chi connectivity index (χ3v) is 3.88. The fraction of sp³-hybridized carbons (Fsp3) is 0.200. The Morgan fingerprint density at radius 2 is 1.57 bits per heavy atom. The molecule has 0 aliphatic carbocycles. The molecule has 0 saturated carbocycles. The summed E-state index contributed by atoms with van der Waals surface area (Å²) in [7, 11) is 0.687. The van der Waals surface area contributed by atoms with Crippen LogP contribution < -0.4 is 4.74 Å². The molecule has 0 aromatic heterocycles. The van der Waals surface area contributed by atoms with E-state index in [0.717, 1.165) is 17.7 Å². The number of aryl methyl sites for hydroxylation is 1. The molecule has 1 nitrogen and oxygen atoms in total. The summed E-state index contributed by atoms with van der Waals surface area (Å²) in [6.07, 6.45) is -4.08. The quantitative estimate of drug-likeness (QED) is 0.622. The maximum atomic E-state index is 14.0. The lowest BCUT2D eigenvalue weighted by Crippen LogP contribution is -2.25. The predicted molar refractivity (Wildman–Crippen MR) is 75.7 cm³/mol. The van der Waals surface area contributed by atoms with Gasteiger partial charge in [0.25, 0.3) is 0 Å². The topological polar surface area (TPSA) is 9.23 Å². The summed E-state index contributed by atoms with van der Waals surface area (Å²) < 4.78 is 60.0. The first kappa shape index (κ1) is 15.6. The van der Waals surface area contributed by atoms with E-state index in [1.807, 2.05) is 0 Å². The molecule has 6 heteroatoms. The highest BCUT2D eigenvalue weighted by Crippen LogP contribution is 2.35. The van der Waals surface area contributed by atoms with E-state index in [4.69, 9.17) is 0 Å². The molecule has 0 aliphatic heterocycles. The molecule has 21 heavy (non-hydrogen) atoms. The minimum absolute atomic E-state index is 0.156. The molecule has 2 rings (SSSR count). The van der Waals surface area contributed by atoms with Gasteiger partial charge in [-0.05, 0) is 42.8 Å². The first-order valence-corrected chi connectivity index (χ1v) is 7.87. The van der Waals surface area contributed by atoms with Crippen LogP contribution in [0.5, 0.6) is 5.75 Å². The van der Waals surface area contributed by atoms with Gasteiger partial charge in [-0.1, -0.05) is 17.7 Å². The molecule has 0 bridgehead atoms. The molecule has 0 amide bonds. The van der Waals surface area contributed by atoms with E-state index in [1.165, 1.54) is 12.1 Å². The van der Waals surface area contributed by atoms with Gasteiger partial charge in [-0.25, -0.2) is 8.78 Å². The van der Waals surface area contributed by atoms with Crippen LogP contribution in [-0.4, -0.2) is 10.2 Å². The van der Waals surface area contributed by atoms with Crippen molar-refractivity contribution in [2.45, 2.75) is 19.1 Å². The standard InChI is InChI=1S/C15H14F4OSi/c1-9-2-4-11(5-3-9)20-15(18,19)14-12(16)6-10(8-21)7-13(14)17/h2-7H,8H2,1,21H3. The molecule has 2 aromatic carbocycles. The lowest BCUT2D eigenvalue weighted by molar-refractivity contribution is -0.189. The first-order valence-electron chi connectivity index (χ1n) is 6.45. The van der Waals surface area contributed by atoms with Crippen LogP contribution >= 0.6 is 0 Å². The molecule has 0 radical (unpaired) electrons. The Kier molecular flexibility index (Phi) is 4.36. The molecule has 0 saturated heterocycles. The van der Waals surface area contributed by atoms with Gasteiger partial charge in [0.15, 0.2) is 0 Å². The molecular formula is C15H14F4OSi. The van der Waals surface area contributed by atoms with Gasteiger partial charge in [0.2, 0.25) is 0 Å². The van der Waals surface area contributed by atoms with Crippen molar-refractivity contribution in [2.75, 3.05) is 0 Å². The largest absolute Gasteiger partial charge is 0.432 e. The van der Waals surface area contributed by atoms with Crippen LogP contribution in [0.4, 0.5) is 17.6 Å². The number of ether oxygens (including phenoxy) is 1. The number of rotatable bonds is 4. The first-order chi connectivity index (χ1) is 9.83. The van der Waals surface area contributed by atoms with E-state index < -0.39 is 23.3 Å². The molecule has 0 N–H and O–H groups in total. The van der Waals surface area contributed by atoms with E-state index >= 15 is 0 Å². The van der Waals surface area contributed by atoms with Crippen molar-refractivity contribution in [1.29, 1.82) is 0 Å². The number of benzene rings is 2. The third kappa shape index (κ3) is 3.44. The molecule has 0 atom stereocenters. The van der Waals surface area contributed by atoms with Crippen LogP contribution in [0.1, 0.15) is 16.7 Å². The highest BCUT2D eigenvalue weighted by molar-refractivity contribution is 6.08. The Bertz CT molecular complexity index is 618. The molecular weight excluding hydrogens is 300 g/mol. The van der Waals surface area contributed by atoms with Crippen LogP contribution in [0.2, 0.25) is 0 Å². The van der Waals surface area contributed by atoms with Crippen molar-refractivity contribution in [3.05, 3.63) is 64.7 Å². The Morgan fingerprint density at radius 1 is 1.05 bits per heavy atom. The minimum atomic E-state index is -4.08. The summed E-state index contributed by atoms with van der Waals surface area (Å²) in [6.45, 7) is 1.79. The molecule has 0 unspecified atom stereocenters. The van der Waals surface area contributed by atoms with Gasteiger partial charge in [0.1, 0.15) is 22.9 Å². The fourth-order valence-corrected chi connectivity index (χ4v) is 2.32. The normalized spacial score (nSPS) is 11.7. The summed E-state index contributed by atoms with van der Waals surface area (Å²) in [5, 5.41) is 0. The van der Waals surface area contributed by atoms with Crippen LogP contribution in [0.25, 0.3) is 0 Å². The highest BCUT2D eigenvalue weighted by atomic mass is 28.1. The van der Waals surface area contributed by atoms with Crippen LogP contribution in [-0.2, 0) is 12.2 Å². The lowest BCUT2D eigenvalue weighted by atomic mass is 10.1. The average Bonchev–Trinajstić information content (AvgIpc) is 2.39. The molecule has 0 spiro atoms. The number of halogens is 4. The van der Waals surface area contributed by atoms with E-state index in [0.29, 0.717) is 21.9 Å². The Balaban J connectivity index is 2.37. The Hall–Kier alpha value is -1.82. The molecule has 0 fully saturated rings. The van der Waals surface area contributed by atoms with Crippen molar-refractivity contribution in [1.82, 2.24) is 0 Å². The maximum absolute atomic E-state index is 14.0.